The second kappa shape index (κ2) is 6.07. The Morgan fingerprint density at radius 2 is 2.16 bits per heavy atom. The van der Waals surface area contributed by atoms with Crippen molar-refractivity contribution in [3.8, 4) is 0 Å². The molecule has 0 bridgehead atoms. The van der Waals surface area contributed by atoms with Crippen LogP contribution in [0.15, 0.2) is 28.9 Å². The largest absolute Gasteiger partial charge is 0.287 e. The first-order valence-electron chi connectivity index (χ1n) is 5.76. The number of halogens is 3. The van der Waals surface area contributed by atoms with E-state index in [1.807, 2.05) is 6.92 Å². The fourth-order valence-electron chi connectivity index (χ4n) is 1.78. The summed E-state index contributed by atoms with van der Waals surface area (Å²) in [5.41, 5.74) is 0.791. The number of carbonyl (C=O) groups is 1. The number of hydrogen-bond acceptors (Lipinski definition) is 2. The number of rotatable bonds is 4. The third-order valence-corrected chi connectivity index (χ3v) is 4.21. The van der Waals surface area contributed by atoms with Crippen LogP contribution >= 0.6 is 39.1 Å². The van der Waals surface area contributed by atoms with Crippen molar-refractivity contribution < 1.29 is 4.79 Å². The highest BCUT2D eigenvalue weighted by Crippen LogP contribution is 2.29. The van der Waals surface area contributed by atoms with Crippen LogP contribution in [0.25, 0.3) is 0 Å². The van der Waals surface area contributed by atoms with Crippen molar-refractivity contribution in [2.45, 2.75) is 19.9 Å². The van der Waals surface area contributed by atoms with Crippen LogP contribution in [0.4, 0.5) is 0 Å². The van der Waals surface area contributed by atoms with Crippen molar-refractivity contribution in [1.29, 1.82) is 0 Å². The van der Waals surface area contributed by atoms with Gasteiger partial charge in [0.15, 0.2) is 0 Å². The summed E-state index contributed by atoms with van der Waals surface area (Å²) in [6, 6.07) is 5.22. The molecule has 3 nitrogen and oxygen atoms in total. The molecule has 0 unspecified atom stereocenters. The monoisotopic (exact) mass is 360 g/mol. The van der Waals surface area contributed by atoms with E-state index in [9.17, 15) is 4.79 Å². The fraction of sp³-hybridized carbons (Fsp3) is 0.231. The van der Waals surface area contributed by atoms with Crippen LogP contribution in [0.5, 0.6) is 0 Å². The number of hydrogen-bond donors (Lipinski definition) is 0. The Hall–Kier alpha value is -0.840. The van der Waals surface area contributed by atoms with Gasteiger partial charge in [0.1, 0.15) is 5.69 Å². The van der Waals surface area contributed by atoms with E-state index in [4.69, 9.17) is 23.2 Å². The van der Waals surface area contributed by atoms with Gasteiger partial charge < -0.3 is 0 Å². The summed E-state index contributed by atoms with van der Waals surface area (Å²) in [7, 11) is 0. The van der Waals surface area contributed by atoms with Crippen molar-refractivity contribution in [2.24, 2.45) is 0 Å². The first-order valence-corrected chi connectivity index (χ1v) is 7.31. The maximum Gasteiger partial charge on any atom is 0.214 e. The third kappa shape index (κ3) is 2.86. The molecule has 100 valence electrons. The Morgan fingerprint density at radius 1 is 1.42 bits per heavy atom. The maximum absolute atomic E-state index is 12.5. The molecule has 0 amide bonds. The van der Waals surface area contributed by atoms with Crippen molar-refractivity contribution in [3.05, 3.63) is 50.2 Å². The third-order valence-electron chi connectivity index (χ3n) is 2.64. The smallest absolute Gasteiger partial charge is 0.214 e. The summed E-state index contributed by atoms with van der Waals surface area (Å²) in [5, 5.41) is 4.84. The molecule has 1 aromatic carbocycles. The predicted octanol–water partition coefficient (Wildman–Crippen LogP) is 4.59. The minimum atomic E-state index is -0.220. The van der Waals surface area contributed by atoms with Gasteiger partial charge in [-0.3, -0.25) is 9.48 Å². The van der Waals surface area contributed by atoms with E-state index in [1.54, 1.807) is 22.9 Å². The van der Waals surface area contributed by atoms with Gasteiger partial charge in [-0.05, 0) is 34.5 Å². The normalized spacial score (nSPS) is 10.7. The van der Waals surface area contributed by atoms with Gasteiger partial charge in [-0.15, -0.1) is 0 Å². The van der Waals surface area contributed by atoms with Crippen LogP contribution in [0.3, 0.4) is 0 Å². The van der Waals surface area contributed by atoms with Gasteiger partial charge in [-0.25, -0.2) is 0 Å². The second-order valence-corrected chi connectivity index (χ2v) is 5.63. The van der Waals surface area contributed by atoms with Gasteiger partial charge in [0.2, 0.25) is 5.78 Å². The van der Waals surface area contributed by atoms with Gasteiger partial charge in [-0.1, -0.05) is 36.2 Å². The first kappa shape index (κ1) is 14.6. The molecule has 0 saturated carbocycles. The van der Waals surface area contributed by atoms with Gasteiger partial charge in [0.05, 0.1) is 16.2 Å². The Morgan fingerprint density at radius 3 is 2.84 bits per heavy atom. The van der Waals surface area contributed by atoms with Gasteiger partial charge in [0.25, 0.3) is 0 Å². The lowest BCUT2D eigenvalue weighted by molar-refractivity contribution is 0.102. The minimum absolute atomic E-state index is 0.220. The van der Waals surface area contributed by atoms with Crippen LogP contribution < -0.4 is 0 Å². The standard InChI is InChI=1S/C13H11BrCl2N2O/c1-2-6-18-12(10(15)7-17-18)13(19)8-4-3-5-9(14)11(8)16/h3-5,7H,2,6H2,1H3. The molecule has 0 radical (unpaired) electrons. The molecular weight excluding hydrogens is 351 g/mol. The lowest BCUT2D eigenvalue weighted by Crippen LogP contribution is -2.12. The Labute approximate surface area is 129 Å². The molecule has 19 heavy (non-hydrogen) atoms. The highest BCUT2D eigenvalue weighted by Gasteiger charge is 2.21. The van der Waals surface area contributed by atoms with Gasteiger partial charge in [0, 0.05) is 16.6 Å². The molecule has 1 aromatic heterocycles. The lowest BCUT2D eigenvalue weighted by atomic mass is 10.1. The molecule has 0 aliphatic heterocycles. The molecule has 2 aromatic rings. The molecule has 0 aliphatic rings. The molecule has 0 atom stereocenters. The van der Waals surface area contributed by atoms with Crippen LogP contribution in [-0.4, -0.2) is 15.6 Å². The average molecular weight is 362 g/mol. The molecule has 2 rings (SSSR count). The van der Waals surface area contributed by atoms with E-state index in [0.717, 1.165) is 6.42 Å². The second-order valence-electron chi connectivity index (χ2n) is 3.99. The molecule has 0 aliphatic carbocycles. The summed E-state index contributed by atoms with van der Waals surface area (Å²) < 4.78 is 2.29. The minimum Gasteiger partial charge on any atom is -0.287 e. The first-order chi connectivity index (χ1) is 9.06. The zero-order valence-corrected chi connectivity index (χ0v) is 13.3. The molecule has 0 fully saturated rings. The number of benzene rings is 1. The van der Waals surface area contributed by atoms with E-state index in [0.29, 0.717) is 32.3 Å². The average Bonchev–Trinajstić information content (AvgIpc) is 2.74. The quantitative estimate of drug-likeness (QED) is 0.746. The van der Waals surface area contributed by atoms with E-state index >= 15 is 0 Å². The van der Waals surface area contributed by atoms with Crippen molar-refractivity contribution in [1.82, 2.24) is 9.78 Å². The summed E-state index contributed by atoms with van der Waals surface area (Å²) in [6.07, 6.45) is 2.35. The van der Waals surface area contributed by atoms with E-state index in [-0.39, 0.29) is 5.78 Å². The van der Waals surface area contributed by atoms with E-state index in [2.05, 4.69) is 21.0 Å². The van der Waals surface area contributed by atoms with E-state index in [1.165, 1.54) is 6.20 Å². The summed E-state index contributed by atoms with van der Waals surface area (Å²) in [4.78, 5) is 12.5. The highest BCUT2D eigenvalue weighted by atomic mass is 79.9. The molecule has 0 saturated heterocycles. The van der Waals surface area contributed by atoms with Crippen molar-refractivity contribution in [3.63, 3.8) is 0 Å². The number of aryl methyl sites for hydroxylation is 1. The zero-order valence-electron chi connectivity index (χ0n) is 10.2. The van der Waals surface area contributed by atoms with Crippen LogP contribution in [0, 0.1) is 0 Å². The zero-order chi connectivity index (χ0) is 14.0. The van der Waals surface area contributed by atoms with Crippen LogP contribution in [-0.2, 0) is 6.54 Å². The van der Waals surface area contributed by atoms with Crippen molar-refractivity contribution in [2.75, 3.05) is 0 Å². The summed E-state index contributed by atoms with van der Waals surface area (Å²) in [5.74, 6) is -0.220. The SMILES string of the molecule is CCCn1ncc(Cl)c1C(=O)c1cccc(Br)c1Cl. The topological polar surface area (TPSA) is 34.9 Å². The fourth-order valence-corrected chi connectivity index (χ4v) is 2.58. The van der Waals surface area contributed by atoms with E-state index < -0.39 is 0 Å². The highest BCUT2D eigenvalue weighted by molar-refractivity contribution is 9.10. The Bertz CT molecular complexity index is 625. The Kier molecular flexibility index (Phi) is 4.66. The number of nitrogens with zero attached hydrogens (tertiary/aromatic N) is 2. The predicted molar refractivity (Wildman–Crippen MR) is 80.1 cm³/mol. The van der Waals surface area contributed by atoms with Gasteiger partial charge >= 0.3 is 0 Å². The molecular formula is C13H11BrCl2N2O. The molecule has 0 spiro atoms. The molecule has 6 heteroatoms. The number of carbonyl (C=O) groups excluding carboxylic acids is 1. The van der Waals surface area contributed by atoms with Crippen LogP contribution in [0.2, 0.25) is 10.0 Å². The summed E-state index contributed by atoms with van der Waals surface area (Å²) >= 11 is 15.5. The van der Waals surface area contributed by atoms with Crippen molar-refractivity contribution >= 4 is 44.9 Å². The maximum atomic E-state index is 12.5. The lowest BCUT2D eigenvalue weighted by Gasteiger charge is -2.08. The number of ketones is 1. The summed E-state index contributed by atoms with van der Waals surface area (Å²) in [6.45, 7) is 2.65. The number of aromatic nitrogens is 2. The molecule has 0 N–H and O–H groups in total. The van der Waals surface area contributed by atoms with Gasteiger partial charge in [-0.2, -0.15) is 5.10 Å². The Balaban J connectivity index is 2.50. The van der Waals surface area contributed by atoms with Crippen LogP contribution in [0.1, 0.15) is 29.4 Å². The molecule has 1 heterocycles.